The number of pyridine rings is 1. The Kier molecular flexibility index (Phi) is 4.16. The van der Waals surface area contributed by atoms with Crippen LogP contribution in [0.3, 0.4) is 0 Å². The van der Waals surface area contributed by atoms with E-state index in [-0.39, 0.29) is 20.7 Å². The van der Waals surface area contributed by atoms with Crippen molar-refractivity contribution in [1.82, 2.24) is 4.98 Å². The highest BCUT2D eigenvalue weighted by Gasteiger charge is 2.23. The van der Waals surface area contributed by atoms with Crippen molar-refractivity contribution in [2.75, 3.05) is 5.32 Å². The molecule has 0 atom stereocenters. The van der Waals surface area contributed by atoms with E-state index in [1.807, 2.05) is 0 Å². The number of nitrogens with zero attached hydrogens (tertiary/aromatic N) is 2. The maximum absolute atomic E-state index is 12.4. The molecule has 2 aromatic heterocycles. The van der Waals surface area contributed by atoms with Gasteiger partial charge < -0.3 is 5.32 Å². The highest BCUT2D eigenvalue weighted by atomic mass is 35.5. The number of fused-ring (bicyclic) bond motifs is 1. The quantitative estimate of drug-likeness (QED) is 0.410. The summed E-state index contributed by atoms with van der Waals surface area (Å²) in [5.41, 5.74) is 0.245. The summed E-state index contributed by atoms with van der Waals surface area (Å²) in [5.74, 6) is -0.500. The lowest BCUT2D eigenvalue weighted by Crippen LogP contribution is -2.11. The maximum Gasteiger partial charge on any atom is 0.287 e. The first kappa shape index (κ1) is 15.7. The van der Waals surface area contributed by atoms with Crippen molar-refractivity contribution in [2.24, 2.45) is 0 Å². The molecule has 116 valence electrons. The molecule has 1 N–H and O–H groups in total. The molecule has 0 aliphatic heterocycles. The number of nitro groups is 1. The summed E-state index contributed by atoms with van der Waals surface area (Å²) >= 11 is 13.1. The second kappa shape index (κ2) is 6.11. The third kappa shape index (κ3) is 2.86. The fraction of sp³-hybridized carbons (Fsp3) is 0. The van der Waals surface area contributed by atoms with Crippen molar-refractivity contribution in [3.63, 3.8) is 0 Å². The second-order valence-corrected chi connectivity index (χ2v) is 6.21. The molecule has 3 rings (SSSR count). The topological polar surface area (TPSA) is 85.1 Å². The minimum Gasteiger partial charge on any atom is -0.319 e. The molecule has 0 saturated carbocycles. The van der Waals surface area contributed by atoms with Gasteiger partial charge >= 0.3 is 0 Å². The zero-order valence-electron chi connectivity index (χ0n) is 11.2. The highest BCUT2D eigenvalue weighted by molar-refractivity contribution is 7.22. The molecule has 1 aromatic carbocycles. The van der Waals surface area contributed by atoms with Gasteiger partial charge in [0.2, 0.25) is 0 Å². The zero-order valence-corrected chi connectivity index (χ0v) is 13.6. The van der Waals surface area contributed by atoms with Crippen molar-refractivity contribution in [3.05, 3.63) is 61.7 Å². The van der Waals surface area contributed by atoms with Crippen LogP contribution in [0, 0.1) is 10.1 Å². The molecule has 0 aliphatic rings. The lowest BCUT2D eigenvalue weighted by molar-refractivity contribution is -0.382. The standard InChI is InChI=1S/C14H7Cl2N3O3S/c15-10-7-3-1-5-9(19(21)22)11(7)23-12(10)14(20)18-8-4-2-6-17-13(8)16/h1-6H,(H,18,20). The van der Waals surface area contributed by atoms with Crippen molar-refractivity contribution >= 4 is 61.9 Å². The molecular weight excluding hydrogens is 361 g/mol. The van der Waals surface area contributed by atoms with Crippen LogP contribution < -0.4 is 5.32 Å². The number of carbonyl (C=O) groups excluding carboxylic acids is 1. The summed E-state index contributed by atoms with van der Waals surface area (Å²) in [6, 6.07) is 7.75. The van der Waals surface area contributed by atoms with Crippen molar-refractivity contribution in [1.29, 1.82) is 0 Å². The molecule has 0 fully saturated rings. The van der Waals surface area contributed by atoms with Crippen molar-refractivity contribution in [2.45, 2.75) is 0 Å². The minimum atomic E-state index is -0.505. The average molecular weight is 368 g/mol. The van der Waals surface area contributed by atoms with Crippen LogP contribution in [0.25, 0.3) is 10.1 Å². The number of thiophene rings is 1. The Hall–Kier alpha value is -2.22. The molecule has 0 saturated heterocycles. The molecule has 0 spiro atoms. The lowest BCUT2D eigenvalue weighted by Gasteiger charge is -2.04. The summed E-state index contributed by atoms with van der Waals surface area (Å²) in [7, 11) is 0. The second-order valence-electron chi connectivity index (χ2n) is 4.45. The van der Waals surface area contributed by atoms with E-state index in [4.69, 9.17) is 23.2 Å². The van der Waals surface area contributed by atoms with Gasteiger partial charge in [0.05, 0.1) is 15.6 Å². The molecule has 23 heavy (non-hydrogen) atoms. The van der Waals surface area contributed by atoms with E-state index in [2.05, 4.69) is 10.3 Å². The third-order valence-corrected chi connectivity index (χ3v) is 5.08. The minimum absolute atomic E-state index is 0.0899. The van der Waals surface area contributed by atoms with E-state index >= 15 is 0 Å². The molecule has 9 heteroatoms. The van der Waals surface area contributed by atoms with Gasteiger partial charge in [0.15, 0.2) is 5.15 Å². The molecule has 1 amide bonds. The first-order valence-corrected chi connectivity index (χ1v) is 7.83. The van der Waals surface area contributed by atoms with Crippen LogP contribution in [-0.2, 0) is 0 Å². The average Bonchev–Trinajstić information content (AvgIpc) is 2.87. The lowest BCUT2D eigenvalue weighted by atomic mass is 10.2. The first-order chi connectivity index (χ1) is 11.0. The number of carbonyl (C=O) groups is 1. The summed E-state index contributed by atoms with van der Waals surface area (Å²) in [6.07, 6.45) is 1.49. The number of hydrogen-bond acceptors (Lipinski definition) is 5. The van der Waals surface area contributed by atoms with Crippen molar-refractivity contribution in [3.8, 4) is 0 Å². The van der Waals surface area contributed by atoms with Crippen LogP contribution in [0.5, 0.6) is 0 Å². The van der Waals surface area contributed by atoms with E-state index in [9.17, 15) is 14.9 Å². The maximum atomic E-state index is 12.4. The van der Waals surface area contributed by atoms with Crippen LogP contribution in [0.4, 0.5) is 11.4 Å². The normalized spacial score (nSPS) is 10.7. The van der Waals surface area contributed by atoms with Gasteiger partial charge in [0.1, 0.15) is 9.58 Å². The Labute approximate surface area is 143 Å². The molecule has 3 aromatic rings. The number of aromatic nitrogens is 1. The van der Waals surface area contributed by atoms with Gasteiger partial charge in [-0.1, -0.05) is 35.3 Å². The molecule has 6 nitrogen and oxygen atoms in total. The largest absolute Gasteiger partial charge is 0.319 e. The van der Waals surface area contributed by atoms with E-state index in [1.165, 1.54) is 18.3 Å². The number of rotatable bonds is 3. The van der Waals surface area contributed by atoms with Crippen LogP contribution in [0.2, 0.25) is 10.2 Å². The summed E-state index contributed by atoms with van der Waals surface area (Å²) < 4.78 is 0.352. The number of non-ortho nitro benzene ring substituents is 1. The van der Waals surface area contributed by atoms with Gasteiger partial charge in [-0.15, -0.1) is 11.3 Å². The molecule has 0 bridgehead atoms. The van der Waals surface area contributed by atoms with Gasteiger partial charge in [-0.25, -0.2) is 4.98 Å². The predicted molar refractivity (Wildman–Crippen MR) is 90.7 cm³/mol. The van der Waals surface area contributed by atoms with Gasteiger partial charge in [0, 0.05) is 17.6 Å². The Morgan fingerprint density at radius 1 is 1.26 bits per heavy atom. The fourth-order valence-corrected chi connectivity index (χ4v) is 3.68. The van der Waals surface area contributed by atoms with E-state index in [1.54, 1.807) is 18.2 Å². The summed E-state index contributed by atoms with van der Waals surface area (Å²) in [4.78, 5) is 27.0. The van der Waals surface area contributed by atoms with E-state index in [0.29, 0.717) is 15.8 Å². The Morgan fingerprint density at radius 2 is 2.04 bits per heavy atom. The SMILES string of the molecule is O=C(Nc1cccnc1Cl)c1sc2c([N+](=O)[O-])cccc2c1Cl. The summed E-state index contributed by atoms with van der Waals surface area (Å²) in [6.45, 7) is 0. The predicted octanol–water partition coefficient (Wildman–Crippen LogP) is 4.76. The van der Waals surface area contributed by atoms with Gasteiger partial charge in [-0.05, 0) is 12.1 Å². The molecule has 0 aliphatic carbocycles. The fourth-order valence-electron chi connectivity index (χ4n) is 2.02. The highest BCUT2D eigenvalue weighted by Crippen LogP contribution is 2.40. The van der Waals surface area contributed by atoms with Crippen LogP contribution in [-0.4, -0.2) is 15.8 Å². The molecule has 0 radical (unpaired) electrons. The Bertz CT molecular complexity index is 942. The third-order valence-electron chi connectivity index (χ3n) is 3.04. The number of amides is 1. The zero-order chi connectivity index (χ0) is 16.6. The number of hydrogen-bond donors (Lipinski definition) is 1. The molecule has 2 heterocycles. The molecule has 0 unspecified atom stereocenters. The van der Waals surface area contributed by atoms with E-state index in [0.717, 1.165) is 11.3 Å². The Balaban J connectivity index is 2.05. The number of anilines is 1. The van der Waals surface area contributed by atoms with Gasteiger partial charge in [-0.3, -0.25) is 14.9 Å². The van der Waals surface area contributed by atoms with Crippen LogP contribution in [0.1, 0.15) is 9.67 Å². The van der Waals surface area contributed by atoms with Crippen LogP contribution in [0.15, 0.2) is 36.5 Å². The van der Waals surface area contributed by atoms with Gasteiger partial charge in [0.25, 0.3) is 11.6 Å². The van der Waals surface area contributed by atoms with Crippen molar-refractivity contribution < 1.29 is 9.72 Å². The number of halogens is 2. The molecular formula is C14H7Cl2N3O3S. The summed E-state index contributed by atoms with van der Waals surface area (Å²) in [5, 5.41) is 14.5. The van der Waals surface area contributed by atoms with E-state index < -0.39 is 10.8 Å². The smallest absolute Gasteiger partial charge is 0.287 e. The Morgan fingerprint density at radius 3 is 2.74 bits per heavy atom. The first-order valence-electron chi connectivity index (χ1n) is 6.26. The van der Waals surface area contributed by atoms with Gasteiger partial charge in [-0.2, -0.15) is 0 Å². The van der Waals surface area contributed by atoms with Crippen LogP contribution >= 0.6 is 34.5 Å². The number of nitro benzene ring substituents is 1. The monoisotopic (exact) mass is 367 g/mol. The number of nitrogens with one attached hydrogen (secondary N) is 1. The number of benzene rings is 1.